The van der Waals surface area contributed by atoms with Crippen molar-refractivity contribution in [3.63, 3.8) is 0 Å². The maximum absolute atomic E-state index is 13.7. The molecule has 0 N–H and O–H groups in total. The van der Waals surface area contributed by atoms with Gasteiger partial charge in [0.2, 0.25) is 5.82 Å². The van der Waals surface area contributed by atoms with Crippen LogP contribution in [0.15, 0.2) is 24.3 Å². The maximum Gasteiger partial charge on any atom is 0.200 e. The lowest BCUT2D eigenvalue weighted by Gasteiger charge is -2.11. The van der Waals surface area contributed by atoms with Gasteiger partial charge in [-0.15, -0.1) is 0 Å². The number of rotatable bonds is 3. The fourth-order valence-corrected chi connectivity index (χ4v) is 2.07. The number of hydrogen-bond acceptors (Lipinski definition) is 0. The highest BCUT2D eigenvalue weighted by molar-refractivity contribution is 5.65. The third-order valence-corrected chi connectivity index (χ3v) is 3.59. The Morgan fingerprint density at radius 1 is 0.762 bits per heavy atom. The molecule has 0 radical (unpaired) electrons. The Bertz CT molecular complexity index is 632. The number of halogens is 5. The molecule has 21 heavy (non-hydrogen) atoms. The molecule has 0 fully saturated rings. The van der Waals surface area contributed by atoms with Crippen LogP contribution in [0.4, 0.5) is 22.0 Å². The SMILES string of the molecule is CCC(C)c1ccc(-c2c(F)c(F)c(F)c(F)c2F)cc1. The van der Waals surface area contributed by atoms with E-state index in [0.29, 0.717) is 0 Å². The molecular formula is C16H13F5. The second kappa shape index (κ2) is 5.84. The van der Waals surface area contributed by atoms with E-state index in [-0.39, 0.29) is 11.5 Å². The third kappa shape index (κ3) is 2.64. The molecule has 1 unspecified atom stereocenters. The van der Waals surface area contributed by atoms with Gasteiger partial charge >= 0.3 is 0 Å². The van der Waals surface area contributed by atoms with Crippen LogP contribution in [0.1, 0.15) is 31.7 Å². The fraction of sp³-hybridized carbons (Fsp3) is 0.250. The molecule has 112 valence electrons. The van der Waals surface area contributed by atoms with Crippen molar-refractivity contribution in [2.45, 2.75) is 26.2 Å². The van der Waals surface area contributed by atoms with E-state index in [2.05, 4.69) is 0 Å². The zero-order chi connectivity index (χ0) is 15.7. The lowest BCUT2D eigenvalue weighted by atomic mass is 9.95. The fourth-order valence-electron chi connectivity index (χ4n) is 2.07. The molecule has 2 rings (SSSR count). The van der Waals surface area contributed by atoms with Crippen molar-refractivity contribution < 1.29 is 22.0 Å². The molecular weight excluding hydrogens is 287 g/mol. The van der Waals surface area contributed by atoms with Gasteiger partial charge in [0.1, 0.15) is 0 Å². The Hall–Kier alpha value is -1.91. The van der Waals surface area contributed by atoms with Crippen LogP contribution in [0.3, 0.4) is 0 Å². The summed E-state index contributed by atoms with van der Waals surface area (Å²) in [5.74, 6) is -9.41. The molecule has 2 aromatic rings. The monoisotopic (exact) mass is 300 g/mol. The molecule has 5 heteroatoms. The van der Waals surface area contributed by atoms with E-state index in [9.17, 15) is 22.0 Å². The molecule has 0 aliphatic carbocycles. The van der Waals surface area contributed by atoms with Crippen LogP contribution >= 0.6 is 0 Å². The Labute approximate surface area is 119 Å². The highest BCUT2D eigenvalue weighted by Crippen LogP contribution is 2.32. The van der Waals surface area contributed by atoms with Gasteiger partial charge in [0, 0.05) is 0 Å². The smallest absolute Gasteiger partial charge is 0.200 e. The predicted molar refractivity (Wildman–Crippen MR) is 70.4 cm³/mol. The van der Waals surface area contributed by atoms with Gasteiger partial charge in [-0.2, -0.15) is 0 Å². The zero-order valence-corrected chi connectivity index (χ0v) is 11.5. The zero-order valence-electron chi connectivity index (χ0n) is 11.5. The van der Waals surface area contributed by atoms with Crippen molar-refractivity contribution in [1.29, 1.82) is 0 Å². The summed E-state index contributed by atoms with van der Waals surface area (Å²) in [4.78, 5) is 0. The Morgan fingerprint density at radius 2 is 1.19 bits per heavy atom. The molecule has 0 saturated carbocycles. The van der Waals surface area contributed by atoms with Crippen molar-refractivity contribution in [1.82, 2.24) is 0 Å². The highest BCUT2D eigenvalue weighted by atomic mass is 19.2. The normalized spacial score (nSPS) is 12.5. The van der Waals surface area contributed by atoms with E-state index in [1.54, 1.807) is 12.1 Å². The summed E-state index contributed by atoms with van der Waals surface area (Å²) in [7, 11) is 0. The van der Waals surface area contributed by atoms with Crippen molar-refractivity contribution in [2.75, 3.05) is 0 Å². The van der Waals surface area contributed by atoms with Crippen molar-refractivity contribution in [3.8, 4) is 11.1 Å². The van der Waals surface area contributed by atoms with Gasteiger partial charge in [-0.05, 0) is 23.5 Å². The summed E-state index contributed by atoms with van der Waals surface area (Å²) in [6, 6.07) is 5.97. The number of benzene rings is 2. The standard InChI is InChI=1S/C16H13F5/c1-3-8(2)9-4-6-10(7-5-9)11-12(17)14(19)16(21)15(20)13(11)18/h4-8H,3H2,1-2H3. The van der Waals surface area contributed by atoms with Gasteiger partial charge in [0.25, 0.3) is 0 Å². The minimum Gasteiger partial charge on any atom is -0.203 e. The summed E-state index contributed by atoms with van der Waals surface area (Å²) in [6.45, 7) is 3.97. The van der Waals surface area contributed by atoms with Gasteiger partial charge in [-0.25, -0.2) is 22.0 Å². The van der Waals surface area contributed by atoms with Gasteiger partial charge in [0.15, 0.2) is 23.3 Å². The molecule has 0 nitrogen and oxygen atoms in total. The lowest BCUT2D eigenvalue weighted by Crippen LogP contribution is -2.04. The van der Waals surface area contributed by atoms with Gasteiger partial charge < -0.3 is 0 Å². The first-order chi connectivity index (χ1) is 9.88. The largest absolute Gasteiger partial charge is 0.203 e. The molecule has 0 spiro atoms. The van der Waals surface area contributed by atoms with Crippen molar-refractivity contribution in [3.05, 3.63) is 58.9 Å². The van der Waals surface area contributed by atoms with E-state index < -0.39 is 34.6 Å². The first-order valence-electron chi connectivity index (χ1n) is 6.50. The molecule has 0 aromatic heterocycles. The summed E-state index contributed by atoms with van der Waals surface area (Å²) in [5.41, 5.74) is -0.0120. The molecule has 2 aromatic carbocycles. The first kappa shape index (κ1) is 15.5. The quantitative estimate of drug-likeness (QED) is 0.395. The van der Waals surface area contributed by atoms with E-state index in [1.165, 1.54) is 12.1 Å². The van der Waals surface area contributed by atoms with E-state index in [4.69, 9.17) is 0 Å². The van der Waals surface area contributed by atoms with Gasteiger partial charge in [-0.3, -0.25) is 0 Å². The van der Waals surface area contributed by atoms with Crippen LogP contribution in [0, 0.1) is 29.1 Å². The Morgan fingerprint density at radius 3 is 1.62 bits per heavy atom. The Balaban J connectivity index is 2.57. The van der Waals surface area contributed by atoms with Crippen molar-refractivity contribution >= 4 is 0 Å². The molecule has 0 aliphatic rings. The van der Waals surface area contributed by atoms with Crippen LogP contribution in [-0.2, 0) is 0 Å². The minimum atomic E-state index is -2.15. The van der Waals surface area contributed by atoms with E-state index in [1.807, 2.05) is 13.8 Å². The molecule has 0 heterocycles. The molecule has 1 atom stereocenters. The maximum atomic E-state index is 13.7. The lowest BCUT2D eigenvalue weighted by molar-refractivity contribution is 0.381. The number of hydrogen-bond donors (Lipinski definition) is 0. The average Bonchev–Trinajstić information content (AvgIpc) is 2.51. The van der Waals surface area contributed by atoms with E-state index in [0.717, 1.165) is 12.0 Å². The second-order valence-electron chi connectivity index (χ2n) is 4.88. The van der Waals surface area contributed by atoms with Crippen LogP contribution in [0.5, 0.6) is 0 Å². The molecule has 0 bridgehead atoms. The Kier molecular flexibility index (Phi) is 4.30. The third-order valence-electron chi connectivity index (χ3n) is 3.59. The van der Waals surface area contributed by atoms with Crippen LogP contribution in [0.2, 0.25) is 0 Å². The second-order valence-corrected chi connectivity index (χ2v) is 4.88. The average molecular weight is 300 g/mol. The summed E-state index contributed by atoms with van der Waals surface area (Å²) >= 11 is 0. The topological polar surface area (TPSA) is 0 Å². The predicted octanol–water partition coefficient (Wildman–Crippen LogP) is 5.56. The highest BCUT2D eigenvalue weighted by Gasteiger charge is 2.26. The summed E-state index contributed by atoms with van der Waals surface area (Å²) in [5, 5.41) is 0. The van der Waals surface area contributed by atoms with Crippen LogP contribution in [-0.4, -0.2) is 0 Å². The van der Waals surface area contributed by atoms with Crippen LogP contribution in [0.25, 0.3) is 11.1 Å². The van der Waals surface area contributed by atoms with E-state index >= 15 is 0 Å². The molecule has 0 saturated heterocycles. The van der Waals surface area contributed by atoms with Crippen molar-refractivity contribution in [2.24, 2.45) is 0 Å². The molecule has 0 amide bonds. The van der Waals surface area contributed by atoms with Gasteiger partial charge in [0.05, 0.1) is 5.56 Å². The van der Waals surface area contributed by atoms with Gasteiger partial charge in [-0.1, -0.05) is 38.1 Å². The van der Waals surface area contributed by atoms with Crippen LogP contribution < -0.4 is 0 Å². The first-order valence-corrected chi connectivity index (χ1v) is 6.50. The molecule has 0 aliphatic heterocycles. The minimum absolute atomic E-state index is 0.0464. The summed E-state index contributed by atoms with van der Waals surface area (Å²) in [6.07, 6.45) is 0.877. The summed E-state index contributed by atoms with van der Waals surface area (Å²) < 4.78 is 66.8.